The molecular formula is C7H16FN. The van der Waals surface area contributed by atoms with Gasteiger partial charge in [0.25, 0.3) is 0 Å². The van der Waals surface area contributed by atoms with Crippen LogP contribution < -0.4 is 0 Å². The van der Waals surface area contributed by atoms with E-state index in [2.05, 4.69) is 18.7 Å². The summed E-state index contributed by atoms with van der Waals surface area (Å²) in [5.41, 5.74) is 0. The third-order valence-electron chi connectivity index (χ3n) is 1.39. The summed E-state index contributed by atoms with van der Waals surface area (Å²) in [7, 11) is 0. The molecule has 0 rings (SSSR count). The fourth-order valence-electron chi connectivity index (χ4n) is 0.864. The van der Waals surface area contributed by atoms with Crippen molar-refractivity contribution in [3.05, 3.63) is 0 Å². The molecule has 0 atom stereocenters. The molecule has 0 bridgehead atoms. The average molecular weight is 133 g/mol. The van der Waals surface area contributed by atoms with Crippen LogP contribution in [0.25, 0.3) is 0 Å². The number of nitrogens with zero attached hydrogens (tertiary/aromatic N) is 1. The zero-order valence-corrected chi connectivity index (χ0v) is 6.36. The zero-order chi connectivity index (χ0) is 7.11. The lowest BCUT2D eigenvalue weighted by Crippen LogP contribution is -2.26. The molecule has 1 nitrogen and oxygen atoms in total. The van der Waals surface area contributed by atoms with Gasteiger partial charge in [-0.3, -0.25) is 0 Å². The molecule has 0 aliphatic rings. The van der Waals surface area contributed by atoms with E-state index in [-0.39, 0.29) is 6.67 Å². The van der Waals surface area contributed by atoms with Crippen LogP contribution in [0.1, 0.15) is 20.3 Å². The molecule has 0 saturated heterocycles. The van der Waals surface area contributed by atoms with Crippen LogP contribution in [0.2, 0.25) is 0 Å². The van der Waals surface area contributed by atoms with Crippen LogP contribution in [-0.2, 0) is 0 Å². The van der Waals surface area contributed by atoms with E-state index in [1.165, 1.54) is 0 Å². The lowest BCUT2D eigenvalue weighted by Gasteiger charge is -2.16. The van der Waals surface area contributed by atoms with Gasteiger partial charge in [-0.05, 0) is 19.5 Å². The van der Waals surface area contributed by atoms with Crippen molar-refractivity contribution in [1.82, 2.24) is 4.90 Å². The monoisotopic (exact) mass is 133 g/mol. The number of alkyl halides is 1. The van der Waals surface area contributed by atoms with Crippen molar-refractivity contribution < 1.29 is 4.39 Å². The van der Waals surface area contributed by atoms with Gasteiger partial charge in [0.15, 0.2) is 0 Å². The second-order valence-electron chi connectivity index (χ2n) is 2.12. The lowest BCUT2D eigenvalue weighted by molar-refractivity contribution is 0.260. The van der Waals surface area contributed by atoms with Gasteiger partial charge in [0.2, 0.25) is 0 Å². The maximum Gasteiger partial charge on any atom is 0.102 e. The van der Waals surface area contributed by atoms with E-state index in [1.54, 1.807) is 0 Å². The second kappa shape index (κ2) is 6.02. The van der Waals surface area contributed by atoms with E-state index in [0.717, 1.165) is 19.5 Å². The van der Waals surface area contributed by atoms with Crippen LogP contribution in [0.3, 0.4) is 0 Å². The van der Waals surface area contributed by atoms with Gasteiger partial charge in [0.05, 0.1) is 0 Å². The van der Waals surface area contributed by atoms with Crippen molar-refractivity contribution in [3.63, 3.8) is 0 Å². The van der Waals surface area contributed by atoms with Crippen LogP contribution in [0.15, 0.2) is 0 Å². The highest BCUT2D eigenvalue weighted by atomic mass is 19.1. The first-order valence-corrected chi connectivity index (χ1v) is 3.63. The zero-order valence-electron chi connectivity index (χ0n) is 6.36. The fraction of sp³-hybridized carbons (Fsp3) is 1.00. The number of rotatable bonds is 5. The minimum atomic E-state index is -0.214. The Hall–Kier alpha value is -0.110. The van der Waals surface area contributed by atoms with Crippen LogP contribution in [0.5, 0.6) is 0 Å². The van der Waals surface area contributed by atoms with Crippen molar-refractivity contribution in [1.29, 1.82) is 0 Å². The third-order valence-corrected chi connectivity index (χ3v) is 1.39. The number of hydrogen-bond donors (Lipinski definition) is 0. The van der Waals surface area contributed by atoms with Crippen molar-refractivity contribution >= 4 is 0 Å². The van der Waals surface area contributed by atoms with Gasteiger partial charge in [-0.25, -0.2) is 4.39 Å². The second-order valence-corrected chi connectivity index (χ2v) is 2.12. The molecule has 0 fully saturated rings. The first kappa shape index (κ1) is 8.89. The van der Waals surface area contributed by atoms with Gasteiger partial charge in [0.1, 0.15) is 6.67 Å². The Balaban J connectivity index is 3.18. The highest BCUT2D eigenvalue weighted by Gasteiger charge is 1.97. The largest absolute Gasteiger partial charge is 0.301 e. The summed E-state index contributed by atoms with van der Waals surface area (Å²) in [6.45, 7) is 6.56. The van der Waals surface area contributed by atoms with Gasteiger partial charge >= 0.3 is 0 Å². The summed E-state index contributed by atoms with van der Waals surface area (Å²) < 4.78 is 11.7. The molecular weight excluding hydrogens is 117 g/mol. The summed E-state index contributed by atoms with van der Waals surface area (Å²) in [5, 5.41) is 0. The Labute approximate surface area is 56.9 Å². The molecule has 0 radical (unpaired) electrons. The topological polar surface area (TPSA) is 3.24 Å². The molecule has 0 aliphatic heterocycles. The summed E-state index contributed by atoms with van der Waals surface area (Å²) in [4.78, 5) is 2.11. The van der Waals surface area contributed by atoms with Gasteiger partial charge in [-0.15, -0.1) is 0 Å². The van der Waals surface area contributed by atoms with Crippen LogP contribution in [0, 0.1) is 0 Å². The van der Waals surface area contributed by atoms with Crippen LogP contribution in [0.4, 0.5) is 4.39 Å². The van der Waals surface area contributed by atoms with Gasteiger partial charge < -0.3 is 4.90 Å². The predicted molar refractivity (Wildman–Crippen MR) is 38.4 cm³/mol. The van der Waals surface area contributed by atoms with Gasteiger partial charge in [0, 0.05) is 6.54 Å². The lowest BCUT2D eigenvalue weighted by atomic mass is 10.4. The molecule has 0 saturated carbocycles. The SMILES string of the molecule is CCCN(CC)CCF. The highest BCUT2D eigenvalue weighted by Crippen LogP contribution is 1.89. The summed E-state index contributed by atoms with van der Waals surface area (Å²) in [5.74, 6) is 0. The Morgan fingerprint density at radius 3 is 2.22 bits per heavy atom. The van der Waals surface area contributed by atoms with Gasteiger partial charge in [-0.1, -0.05) is 13.8 Å². The maximum absolute atomic E-state index is 11.7. The predicted octanol–water partition coefficient (Wildman–Crippen LogP) is 1.69. The van der Waals surface area contributed by atoms with E-state index in [4.69, 9.17) is 0 Å². The minimum absolute atomic E-state index is 0.214. The molecule has 0 aromatic carbocycles. The fourth-order valence-corrected chi connectivity index (χ4v) is 0.864. The Bertz CT molecular complexity index is 50.9. The Kier molecular flexibility index (Phi) is 5.94. The summed E-state index contributed by atoms with van der Waals surface area (Å²) >= 11 is 0. The smallest absolute Gasteiger partial charge is 0.102 e. The molecule has 2 heteroatoms. The molecule has 9 heavy (non-hydrogen) atoms. The molecule has 0 heterocycles. The molecule has 0 spiro atoms. The molecule has 0 aliphatic carbocycles. The Morgan fingerprint density at radius 2 is 1.89 bits per heavy atom. The molecule has 0 amide bonds. The maximum atomic E-state index is 11.7. The minimum Gasteiger partial charge on any atom is -0.301 e. The molecule has 0 aromatic heterocycles. The standard InChI is InChI=1S/C7H16FN/c1-3-6-9(4-2)7-5-8/h3-7H2,1-2H3. The third kappa shape index (κ3) is 4.40. The van der Waals surface area contributed by atoms with E-state index < -0.39 is 0 Å². The van der Waals surface area contributed by atoms with E-state index in [9.17, 15) is 4.39 Å². The first-order chi connectivity index (χ1) is 4.35. The quantitative estimate of drug-likeness (QED) is 0.551. The van der Waals surface area contributed by atoms with Gasteiger partial charge in [-0.2, -0.15) is 0 Å². The molecule has 56 valence electrons. The molecule has 0 N–H and O–H groups in total. The molecule has 0 aromatic rings. The van der Waals surface area contributed by atoms with Crippen LogP contribution >= 0.6 is 0 Å². The normalized spacial score (nSPS) is 10.7. The average Bonchev–Trinajstić information content (AvgIpc) is 1.88. The highest BCUT2D eigenvalue weighted by molar-refractivity contribution is 4.51. The van der Waals surface area contributed by atoms with Crippen molar-refractivity contribution in [2.45, 2.75) is 20.3 Å². The van der Waals surface area contributed by atoms with E-state index >= 15 is 0 Å². The van der Waals surface area contributed by atoms with Crippen molar-refractivity contribution in [2.24, 2.45) is 0 Å². The number of halogens is 1. The first-order valence-electron chi connectivity index (χ1n) is 3.63. The molecule has 0 unspecified atom stereocenters. The van der Waals surface area contributed by atoms with E-state index in [1.807, 2.05) is 0 Å². The van der Waals surface area contributed by atoms with Crippen LogP contribution in [-0.4, -0.2) is 31.2 Å². The van der Waals surface area contributed by atoms with Crippen molar-refractivity contribution in [3.8, 4) is 0 Å². The van der Waals surface area contributed by atoms with E-state index in [0.29, 0.717) is 6.54 Å². The Morgan fingerprint density at radius 1 is 1.22 bits per heavy atom. The summed E-state index contributed by atoms with van der Waals surface area (Å²) in [6.07, 6.45) is 1.12. The number of hydrogen-bond acceptors (Lipinski definition) is 1. The summed E-state index contributed by atoms with van der Waals surface area (Å²) in [6, 6.07) is 0. The van der Waals surface area contributed by atoms with Crippen molar-refractivity contribution in [2.75, 3.05) is 26.3 Å².